The van der Waals surface area contributed by atoms with Crippen molar-refractivity contribution in [1.29, 1.82) is 0 Å². The zero-order chi connectivity index (χ0) is 15.0. The van der Waals surface area contributed by atoms with Crippen LogP contribution in [-0.4, -0.2) is 20.9 Å². The van der Waals surface area contributed by atoms with E-state index in [1.54, 1.807) is 0 Å². The van der Waals surface area contributed by atoms with Crippen molar-refractivity contribution < 1.29 is 4.79 Å². The number of hydrogen-bond donors (Lipinski definition) is 2. The third-order valence-corrected chi connectivity index (χ3v) is 4.35. The van der Waals surface area contributed by atoms with Gasteiger partial charge < -0.3 is 10.3 Å². The maximum absolute atomic E-state index is 12.3. The maximum Gasteiger partial charge on any atom is 0.263 e. The van der Waals surface area contributed by atoms with Gasteiger partial charge in [-0.1, -0.05) is 12.1 Å². The largest absolute Gasteiger partial charge is 0.342 e. The van der Waals surface area contributed by atoms with E-state index in [9.17, 15) is 4.79 Å². The third kappa shape index (κ3) is 2.67. The first kappa shape index (κ1) is 13.8. The summed E-state index contributed by atoms with van der Waals surface area (Å²) in [7, 11) is 0. The monoisotopic (exact) mass is 300 g/mol. The van der Waals surface area contributed by atoms with Crippen LogP contribution in [0.15, 0.2) is 24.3 Å². The molecule has 0 bridgehead atoms. The molecule has 0 spiro atoms. The quantitative estimate of drug-likeness (QED) is 0.780. The number of carbonyl (C=O) groups excluding carboxylic acids is 1. The zero-order valence-corrected chi connectivity index (χ0v) is 12.9. The average molecular weight is 300 g/mol. The number of nitrogens with one attached hydrogen (secondary N) is 2. The Morgan fingerprint density at radius 1 is 1.29 bits per heavy atom. The highest BCUT2D eigenvalue weighted by atomic mass is 32.1. The molecule has 1 amide bonds. The molecule has 21 heavy (non-hydrogen) atoms. The summed E-state index contributed by atoms with van der Waals surface area (Å²) in [5.74, 6) is 0.648. The minimum Gasteiger partial charge on any atom is -0.342 e. The van der Waals surface area contributed by atoms with Crippen LogP contribution >= 0.6 is 11.3 Å². The number of fused-ring (bicyclic) bond motifs is 1. The molecule has 3 rings (SSSR count). The first-order chi connectivity index (χ1) is 10.0. The predicted octanol–water partition coefficient (Wildman–Crippen LogP) is 3.13. The molecule has 2 aromatic heterocycles. The highest BCUT2D eigenvalue weighted by Crippen LogP contribution is 2.19. The van der Waals surface area contributed by atoms with E-state index in [-0.39, 0.29) is 11.9 Å². The van der Waals surface area contributed by atoms with Crippen molar-refractivity contribution in [3.63, 3.8) is 0 Å². The Hall–Kier alpha value is -2.21. The van der Waals surface area contributed by atoms with Crippen LogP contribution in [0.25, 0.3) is 11.0 Å². The number of thiazole rings is 1. The number of aromatic amines is 1. The number of aryl methyl sites for hydroxylation is 2. The molecule has 3 aromatic rings. The number of aromatic nitrogens is 3. The van der Waals surface area contributed by atoms with Crippen molar-refractivity contribution in [2.45, 2.75) is 26.8 Å². The minimum absolute atomic E-state index is 0.106. The normalized spacial score (nSPS) is 12.5. The van der Waals surface area contributed by atoms with E-state index < -0.39 is 0 Å². The number of benzene rings is 1. The molecule has 0 aliphatic carbocycles. The van der Waals surface area contributed by atoms with Gasteiger partial charge in [0.2, 0.25) is 0 Å². The van der Waals surface area contributed by atoms with E-state index in [0.717, 1.165) is 27.6 Å². The Balaban J connectivity index is 1.81. The van der Waals surface area contributed by atoms with Gasteiger partial charge in [-0.2, -0.15) is 0 Å². The van der Waals surface area contributed by atoms with Gasteiger partial charge in [0.1, 0.15) is 10.7 Å². The van der Waals surface area contributed by atoms with Crippen LogP contribution in [0.5, 0.6) is 0 Å². The smallest absolute Gasteiger partial charge is 0.263 e. The second-order valence-corrected chi connectivity index (χ2v) is 6.18. The van der Waals surface area contributed by atoms with E-state index in [2.05, 4.69) is 20.3 Å². The Kier molecular flexibility index (Phi) is 3.47. The van der Waals surface area contributed by atoms with Gasteiger partial charge in [0.25, 0.3) is 5.91 Å². The molecule has 1 aromatic carbocycles. The maximum atomic E-state index is 12.3. The topological polar surface area (TPSA) is 70.7 Å². The second-order valence-electron chi connectivity index (χ2n) is 4.98. The first-order valence-electron chi connectivity index (χ1n) is 6.74. The molecule has 0 saturated heterocycles. The van der Waals surface area contributed by atoms with E-state index in [1.807, 2.05) is 45.0 Å². The second kappa shape index (κ2) is 5.29. The van der Waals surface area contributed by atoms with Crippen LogP contribution in [0.2, 0.25) is 0 Å². The van der Waals surface area contributed by atoms with Gasteiger partial charge in [-0.15, -0.1) is 11.3 Å². The number of hydrogen-bond acceptors (Lipinski definition) is 4. The highest BCUT2D eigenvalue weighted by molar-refractivity contribution is 7.13. The van der Waals surface area contributed by atoms with Crippen LogP contribution in [0.3, 0.4) is 0 Å². The van der Waals surface area contributed by atoms with Crippen molar-refractivity contribution in [3.8, 4) is 0 Å². The summed E-state index contributed by atoms with van der Waals surface area (Å²) in [5, 5.41) is 3.86. The number of imidazole rings is 1. The van der Waals surface area contributed by atoms with Gasteiger partial charge >= 0.3 is 0 Å². The summed E-state index contributed by atoms with van der Waals surface area (Å²) in [5.41, 5.74) is 2.64. The number of nitrogens with zero attached hydrogens (tertiary/aromatic N) is 2. The van der Waals surface area contributed by atoms with Crippen LogP contribution in [0, 0.1) is 13.8 Å². The molecule has 108 valence electrons. The lowest BCUT2D eigenvalue weighted by Gasteiger charge is -2.10. The number of H-pyrrole nitrogens is 1. The molecular formula is C15H16N4OS. The standard InChI is InChI=1S/C15H16N4OS/c1-8-13(21-10(3)16-8)15(20)17-9(2)14-18-11-6-4-5-7-12(11)19-14/h4-7,9H,1-3H3,(H,17,20)(H,18,19)/t9-/m1/s1. The Morgan fingerprint density at radius 2 is 2.05 bits per heavy atom. The average Bonchev–Trinajstić information content (AvgIpc) is 3.01. The SMILES string of the molecule is Cc1nc(C)c(C(=O)N[C@H](C)c2nc3ccccc3[nH]2)s1. The summed E-state index contributed by atoms with van der Waals surface area (Å²) in [6.07, 6.45) is 0. The number of rotatable bonds is 3. The van der Waals surface area contributed by atoms with Gasteiger partial charge in [-0.05, 0) is 32.9 Å². The van der Waals surface area contributed by atoms with Crippen LogP contribution in [-0.2, 0) is 0 Å². The summed E-state index contributed by atoms with van der Waals surface area (Å²) >= 11 is 1.41. The molecule has 5 nitrogen and oxygen atoms in total. The molecule has 0 radical (unpaired) electrons. The molecular weight excluding hydrogens is 284 g/mol. The van der Waals surface area contributed by atoms with Gasteiger partial charge in [-0.25, -0.2) is 9.97 Å². The van der Waals surface area contributed by atoms with E-state index >= 15 is 0 Å². The van der Waals surface area contributed by atoms with Crippen molar-refractivity contribution in [2.24, 2.45) is 0 Å². The van der Waals surface area contributed by atoms with Crippen molar-refractivity contribution >= 4 is 28.3 Å². The van der Waals surface area contributed by atoms with Crippen LogP contribution in [0.4, 0.5) is 0 Å². The van der Waals surface area contributed by atoms with Crippen molar-refractivity contribution in [2.75, 3.05) is 0 Å². The zero-order valence-electron chi connectivity index (χ0n) is 12.1. The molecule has 1 atom stereocenters. The predicted molar refractivity (Wildman–Crippen MR) is 83.6 cm³/mol. The van der Waals surface area contributed by atoms with E-state index in [1.165, 1.54) is 11.3 Å². The van der Waals surface area contributed by atoms with Crippen LogP contribution in [0.1, 0.15) is 39.2 Å². The molecule has 2 N–H and O–H groups in total. The van der Waals surface area contributed by atoms with Crippen molar-refractivity contribution in [3.05, 3.63) is 45.7 Å². The Morgan fingerprint density at radius 3 is 2.71 bits per heavy atom. The molecule has 6 heteroatoms. The van der Waals surface area contributed by atoms with Gasteiger partial charge in [-0.3, -0.25) is 4.79 Å². The van der Waals surface area contributed by atoms with Gasteiger partial charge in [0, 0.05) is 0 Å². The van der Waals surface area contributed by atoms with Crippen LogP contribution < -0.4 is 5.32 Å². The summed E-state index contributed by atoms with van der Waals surface area (Å²) in [4.78, 5) is 25.0. The van der Waals surface area contributed by atoms with Gasteiger partial charge in [0.05, 0.1) is 27.8 Å². The van der Waals surface area contributed by atoms with Crippen molar-refractivity contribution in [1.82, 2.24) is 20.3 Å². The number of amides is 1. The number of carbonyl (C=O) groups is 1. The fourth-order valence-corrected chi connectivity index (χ4v) is 3.07. The van der Waals surface area contributed by atoms with E-state index in [0.29, 0.717) is 4.88 Å². The minimum atomic E-state index is -0.188. The first-order valence-corrected chi connectivity index (χ1v) is 7.56. The summed E-state index contributed by atoms with van der Waals surface area (Å²) in [6, 6.07) is 7.63. The molecule has 0 saturated carbocycles. The lowest BCUT2D eigenvalue weighted by Crippen LogP contribution is -2.27. The van der Waals surface area contributed by atoms with E-state index in [4.69, 9.17) is 0 Å². The molecule has 2 heterocycles. The fraction of sp³-hybridized carbons (Fsp3) is 0.267. The lowest BCUT2D eigenvalue weighted by molar-refractivity contribution is 0.0942. The third-order valence-electron chi connectivity index (χ3n) is 3.28. The summed E-state index contributed by atoms with van der Waals surface area (Å²) < 4.78 is 0. The molecule has 0 unspecified atom stereocenters. The molecule has 0 fully saturated rings. The Labute approximate surface area is 126 Å². The van der Waals surface area contributed by atoms with Gasteiger partial charge in [0.15, 0.2) is 0 Å². The Bertz CT molecular complexity index is 772. The summed E-state index contributed by atoms with van der Waals surface area (Å²) in [6.45, 7) is 5.67. The lowest BCUT2D eigenvalue weighted by atomic mass is 10.3. The highest BCUT2D eigenvalue weighted by Gasteiger charge is 2.18. The molecule has 0 aliphatic heterocycles. The molecule has 0 aliphatic rings. The fourth-order valence-electron chi connectivity index (χ4n) is 2.25. The number of para-hydroxylation sites is 2.